The maximum absolute atomic E-state index is 11.1. The van der Waals surface area contributed by atoms with Gasteiger partial charge in [-0.25, -0.2) is 4.79 Å². The number of nitrogens with zero attached hydrogens (tertiary/aromatic N) is 1. The molecule has 1 N–H and O–H groups in total. The van der Waals surface area contributed by atoms with Crippen molar-refractivity contribution < 1.29 is 14.6 Å². The Morgan fingerprint density at radius 1 is 1.37 bits per heavy atom. The Bertz CT molecular complexity index is 572. The van der Waals surface area contributed by atoms with Gasteiger partial charge in [0.2, 0.25) is 0 Å². The van der Waals surface area contributed by atoms with Gasteiger partial charge in [-0.05, 0) is 24.1 Å². The first kappa shape index (κ1) is 13.6. The Hall–Kier alpha value is -1.81. The van der Waals surface area contributed by atoms with E-state index in [0.717, 1.165) is 24.1 Å². The second-order valence-corrected chi connectivity index (χ2v) is 5.02. The van der Waals surface area contributed by atoms with E-state index in [0.29, 0.717) is 18.1 Å². The summed E-state index contributed by atoms with van der Waals surface area (Å²) in [6.45, 7) is 6.35. The van der Waals surface area contributed by atoms with Gasteiger partial charge < -0.3 is 14.4 Å². The minimum Gasteiger partial charge on any atom is -0.478 e. The molecule has 2 aromatic rings. The summed E-state index contributed by atoms with van der Waals surface area (Å²) < 4.78 is 7.59. The molecule has 19 heavy (non-hydrogen) atoms. The smallest absolute Gasteiger partial charge is 0.336 e. The highest BCUT2D eigenvalue weighted by Gasteiger charge is 2.10. The monoisotopic (exact) mass is 261 g/mol. The molecule has 4 heteroatoms. The molecule has 0 saturated carbocycles. The minimum atomic E-state index is -0.889. The Balaban J connectivity index is 2.12. The number of aromatic carboxylic acids is 1. The number of aromatic nitrogens is 1. The topological polar surface area (TPSA) is 51.5 Å². The van der Waals surface area contributed by atoms with Crippen molar-refractivity contribution in [2.45, 2.75) is 20.4 Å². The highest BCUT2D eigenvalue weighted by Crippen LogP contribution is 2.20. The molecule has 2 rings (SSSR count). The zero-order valence-corrected chi connectivity index (χ0v) is 11.3. The van der Waals surface area contributed by atoms with E-state index < -0.39 is 5.97 Å². The van der Waals surface area contributed by atoms with E-state index in [1.807, 2.05) is 22.9 Å². The van der Waals surface area contributed by atoms with E-state index in [1.165, 1.54) is 0 Å². The number of rotatable bonds is 6. The number of benzene rings is 1. The second-order valence-electron chi connectivity index (χ2n) is 5.02. The molecule has 0 unspecified atom stereocenters. The molecule has 0 bridgehead atoms. The van der Waals surface area contributed by atoms with Crippen LogP contribution in [-0.4, -0.2) is 28.9 Å². The molecule has 1 heterocycles. The van der Waals surface area contributed by atoms with Crippen molar-refractivity contribution in [1.82, 2.24) is 4.57 Å². The number of carbonyl (C=O) groups is 1. The molecule has 4 nitrogen and oxygen atoms in total. The van der Waals surface area contributed by atoms with E-state index in [-0.39, 0.29) is 0 Å². The Labute approximate surface area is 112 Å². The van der Waals surface area contributed by atoms with E-state index in [4.69, 9.17) is 9.84 Å². The number of hydrogen-bond acceptors (Lipinski definition) is 2. The van der Waals surface area contributed by atoms with Crippen LogP contribution in [0, 0.1) is 5.92 Å². The van der Waals surface area contributed by atoms with Gasteiger partial charge in [0.05, 0.1) is 12.2 Å². The van der Waals surface area contributed by atoms with Gasteiger partial charge in [0.25, 0.3) is 0 Å². The molecule has 0 spiro atoms. The summed E-state index contributed by atoms with van der Waals surface area (Å²) in [5.41, 5.74) is 1.28. The van der Waals surface area contributed by atoms with Crippen molar-refractivity contribution in [3.05, 3.63) is 36.0 Å². The molecule has 0 aliphatic rings. The van der Waals surface area contributed by atoms with E-state index in [9.17, 15) is 4.79 Å². The summed E-state index contributed by atoms with van der Waals surface area (Å²) in [6, 6.07) is 7.19. The van der Waals surface area contributed by atoms with Gasteiger partial charge in [0.1, 0.15) is 0 Å². The van der Waals surface area contributed by atoms with Crippen LogP contribution in [0.15, 0.2) is 30.5 Å². The molecule has 0 amide bonds. The molecular weight excluding hydrogens is 242 g/mol. The van der Waals surface area contributed by atoms with Crippen molar-refractivity contribution in [3.8, 4) is 0 Å². The normalized spacial score (nSPS) is 11.3. The van der Waals surface area contributed by atoms with Crippen LogP contribution in [0.2, 0.25) is 0 Å². The Kier molecular flexibility index (Phi) is 4.22. The number of carboxylic acids is 1. The summed E-state index contributed by atoms with van der Waals surface area (Å²) >= 11 is 0. The fraction of sp³-hybridized carbons (Fsp3) is 0.400. The zero-order valence-electron chi connectivity index (χ0n) is 11.3. The summed E-state index contributed by atoms with van der Waals surface area (Å²) in [7, 11) is 0. The third kappa shape index (κ3) is 3.15. The Morgan fingerprint density at radius 2 is 2.16 bits per heavy atom. The van der Waals surface area contributed by atoms with Crippen LogP contribution in [0.1, 0.15) is 24.2 Å². The van der Waals surface area contributed by atoms with Gasteiger partial charge >= 0.3 is 5.97 Å². The lowest BCUT2D eigenvalue weighted by atomic mass is 10.1. The predicted molar refractivity (Wildman–Crippen MR) is 74.6 cm³/mol. The number of ether oxygens (including phenoxy) is 1. The van der Waals surface area contributed by atoms with Gasteiger partial charge in [0, 0.05) is 30.3 Å². The predicted octanol–water partition coefficient (Wildman–Crippen LogP) is 3.01. The van der Waals surface area contributed by atoms with E-state index in [1.54, 1.807) is 12.1 Å². The van der Waals surface area contributed by atoms with E-state index >= 15 is 0 Å². The summed E-state index contributed by atoms with van der Waals surface area (Å²) in [5, 5.41) is 9.91. The molecule has 102 valence electrons. The van der Waals surface area contributed by atoms with Crippen LogP contribution in [0.4, 0.5) is 0 Å². The van der Waals surface area contributed by atoms with Crippen molar-refractivity contribution in [2.75, 3.05) is 13.2 Å². The fourth-order valence-electron chi connectivity index (χ4n) is 2.09. The molecule has 0 fully saturated rings. The summed E-state index contributed by atoms with van der Waals surface area (Å²) in [5.74, 6) is -0.362. The van der Waals surface area contributed by atoms with Crippen LogP contribution < -0.4 is 0 Å². The quantitative estimate of drug-likeness (QED) is 0.813. The first-order valence-corrected chi connectivity index (χ1v) is 6.48. The van der Waals surface area contributed by atoms with Crippen LogP contribution in [0.25, 0.3) is 10.9 Å². The highest BCUT2D eigenvalue weighted by molar-refractivity contribution is 6.02. The van der Waals surface area contributed by atoms with Gasteiger partial charge in [0.15, 0.2) is 0 Å². The second kappa shape index (κ2) is 5.89. The van der Waals surface area contributed by atoms with Crippen molar-refractivity contribution >= 4 is 16.9 Å². The SMILES string of the molecule is CC(C)COCCn1ccc2c(C(=O)O)cccc21. The first-order chi connectivity index (χ1) is 9.09. The lowest BCUT2D eigenvalue weighted by molar-refractivity contribution is 0.0699. The van der Waals surface area contributed by atoms with Gasteiger partial charge in [-0.3, -0.25) is 0 Å². The van der Waals surface area contributed by atoms with Crippen LogP contribution in [-0.2, 0) is 11.3 Å². The molecule has 1 aromatic heterocycles. The molecule has 0 aliphatic carbocycles. The molecule has 0 aliphatic heterocycles. The van der Waals surface area contributed by atoms with Gasteiger partial charge in [-0.15, -0.1) is 0 Å². The number of hydrogen-bond donors (Lipinski definition) is 1. The summed E-state index contributed by atoms with van der Waals surface area (Å²) in [4.78, 5) is 11.1. The van der Waals surface area contributed by atoms with Crippen LogP contribution >= 0.6 is 0 Å². The van der Waals surface area contributed by atoms with Gasteiger partial charge in [-0.2, -0.15) is 0 Å². The van der Waals surface area contributed by atoms with Crippen molar-refractivity contribution in [2.24, 2.45) is 5.92 Å². The Morgan fingerprint density at radius 3 is 2.84 bits per heavy atom. The van der Waals surface area contributed by atoms with E-state index in [2.05, 4.69) is 13.8 Å². The minimum absolute atomic E-state index is 0.347. The molecule has 0 saturated heterocycles. The van der Waals surface area contributed by atoms with Crippen LogP contribution in [0.3, 0.4) is 0 Å². The third-order valence-corrected chi connectivity index (χ3v) is 2.97. The molecule has 0 radical (unpaired) electrons. The van der Waals surface area contributed by atoms with Gasteiger partial charge in [-0.1, -0.05) is 19.9 Å². The standard InChI is InChI=1S/C15H19NO3/c1-11(2)10-19-9-8-16-7-6-12-13(15(17)18)4-3-5-14(12)16/h3-7,11H,8-10H2,1-2H3,(H,17,18). The highest BCUT2D eigenvalue weighted by atomic mass is 16.5. The molecule has 0 atom stereocenters. The van der Waals surface area contributed by atoms with Crippen LogP contribution in [0.5, 0.6) is 0 Å². The number of fused-ring (bicyclic) bond motifs is 1. The number of carboxylic acid groups (broad SMARTS) is 1. The maximum Gasteiger partial charge on any atom is 0.336 e. The average molecular weight is 261 g/mol. The summed E-state index contributed by atoms with van der Waals surface area (Å²) in [6.07, 6.45) is 1.91. The lowest BCUT2D eigenvalue weighted by Crippen LogP contribution is -2.08. The van der Waals surface area contributed by atoms with Crippen molar-refractivity contribution in [1.29, 1.82) is 0 Å². The first-order valence-electron chi connectivity index (χ1n) is 6.48. The fourth-order valence-corrected chi connectivity index (χ4v) is 2.09. The maximum atomic E-state index is 11.1. The van der Waals surface area contributed by atoms with Crippen molar-refractivity contribution in [3.63, 3.8) is 0 Å². The third-order valence-electron chi connectivity index (χ3n) is 2.97. The average Bonchev–Trinajstić information content (AvgIpc) is 2.77. The molecule has 1 aromatic carbocycles. The largest absolute Gasteiger partial charge is 0.478 e. The zero-order chi connectivity index (χ0) is 13.8. The molecular formula is C15H19NO3. The lowest BCUT2D eigenvalue weighted by Gasteiger charge is -2.09.